The predicted octanol–water partition coefficient (Wildman–Crippen LogP) is 1.77. The predicted molar refractivity (Wildman–Crippen MR) is 78.3 cm³/mol. The minimum atomic E-state index is -3.48. The van der Waals surface area contributed by atoms with E-state index in [1.54, 1.807) is 12.1 Å². The van der Waals surface area contributed by atoms with Gasteiger partial charge in [0.25, 0.3) is 0 Å². The molecule has 0 spiro atoms. The molecular formula is C14H23NO4S. The molecule has 5 nitrogen and oxygen atoms in total. The molecule has 0 amide bonds. The van der Waals surface area contributed by atoms with E-state index in [4.69, 9.17) is 9.84 Å². The summed E-state index contributed by atoms with van der Waals surface area (Å²) in [5.41, 5.74) is 0. The van der Waals surface area contributed by atoms with Gasteiger partial charge in [0.15, 0.2) is 0 Å². The molecule has 0 radical (unpaired) electrons. The Morgan fingerprint density at radius 3 is 2.40 bits per heavy atom. The largest absolute Gasteiger partial charge is 0.493 e. The summed E-state index contributed by atoms with van der Waals surface area (Å²) in [7, 11) is -3.48. The highest BCUT2D eigenvalue weighted by atomic mass is 32.2. The summed E-state index contributed by atoms with van der Waals surface area (Å²) in [6.07, 6.45) is 1.20. The van der Waals surface area contributed by atoms with Crippen molar-refractivity contribution in [2.24, 2.45) is 5.92 Å². The number of ether oxygens (including phenoxy) is 1. The number of aliphatic hydroxyl groups is 1. The fourth-order valence-electron chi connectivity index (χ4n) is 1.50. The van der Waals surface area contributed by atoms with Gasteiger partial charge in [-0.15, -0.1) is 0 Å². The van der Waals surface area contributed by atoms with Crippen molar-refractivity contribution >= 4 is 10.0 Å². The van der Waals surface area contributed by atoms with Crippen LogP contribution in [0.4, 0.5) is 0 Å². The van der Waals surface area contributed by atoms with E-state index in [2.05, 4.69) is 18.6 Å². The number of rotatable bonds is 9. The van der Waals surface area contributed by atoms with E-state index >= 15 is 0 Å². The molecule has 1 rings (SSSR count). The van der Waals surface area contributed by atoms with Gasteiger partial charge in [0.1, 0.15) is 5.75 Å². The SMILES string of the molecule is CC(C)COc1ccc(S(=O)(=O)NCCCCO)cc1. The van der Waals surface area contributed by atoms with Crippen LogP contribution in [0.2, 0.25) is 0 Å². The molecule has 1 aromatic rings. The minimum absolute atomic E-state index is 0.0730. The van der Waals surface area contributed by atoms with Gasteiger partial charge in [0, 0.05) is 13.2 Å². The van der Waals surface area contributed by atoms with E-state index in [0.717, 1.165) is 0 Å². The van der Waals surface area contributed by atoms with Gasteiger partial charge in [-0.05, 0) is 43.0 Å². The van der Waals surface area contributed by atoms with Gasteiger partial charge in [-0.2, -0.15) is 0 Å². The monoisotopic (exact) mass is 301 g/mol. The number of hydrogen-bond donors (Lipinski definition) is 2. The Bertz CT molecular complexity index is 482. The average Bonchev–Trinajstić information content (AvgIpc) is 2.42. The van der Waals surface area contributed by atoms with E-state index in [1.165, 1.54) is 12.1 Å². The lowest BCUT2D eigenvalue weighted by molar-refractivity contribution is 0.271. The number of benzene rings is 1. The topological polar surface area (TPSA) is 75.6 Å². The average molecular weight is 301 g/mol. The summed E-state index contributed by atoms with van der Waals surface area (Å²) < 4.78 is 31.9. The lowest BCUT2D eigenvalue weighted by atomic mass is 10.2. The molecule has 0 aliphatic heterocycles. The molecule has 0 atom stereocenters. The van der Waals surface area contributed by atoms with Crippen molar-refractivity contribution in [3.63, 3.8) is 0 Å². The highest BCUT2D eigenvalue weighted by Gasteiger charge is 2.13. The van der Waals surface area contributed by atoms with Crippen LogP contribution in [0, 0.1) is 5.92 Å². The van der Waals surface area contributed by atoms with Crippen molar-refractivity contribution in [3.05, 3.63) is 24.3 Å². The molecule has 0 saturated heterocycles. The van der Waals surface area contributed by atoms with E-state index in [-0.39, 0.29) is 11.5 Å². The number of sulfonamides is 1. The summed E-state index contributed by atoms with van der Waals surface area (Å²) in [5.74, 6) is 1.09. The van der Waals surface area contributed by atoms with Gasteiger partial charge in [-0.3, -0.25) is 0 Å². The zero-order chi connectivity index (χ0) is 15.0. The molecule has 2 N–H and O–H groups in total. The molecule has 0 fully saturated rings. The standard InChI is InChI=1S/C14H23NO4S/c1-12(2)11-19-13-5-7-14(8-6-13)20(17,18)15-9-3-4-10-16/h5-8,12,15-16H,3-4,9-11H2,1-2H3. The molecule has 0 unspecified atom stereocenters. The van der Waals surface area contributed by atoms with Gasteiger partial charge in [0.2, 0.25) is 10.0 Å². The fraction of sp³-hybridized carbons (Fsp3) is 0.571. The molecule has 0 aliphatic rings. The highest BCUT2D eigenvalue weighted by Crippen LogP contribution is 2.16. The molecule has 0 aliphatic carbocycles. The molecular weight excluding hydrogens is 278 g/mol. The molecule has 114 valence electrons. The first kappa shape index (κ1) is 16.9. The van der Waals surface area contributed by atoms with Crippen LogP contribution in [0.5, 0.6) is 5.75 Å². The first-order valence-electron chi connectivity index (χ1n) is 6.79. The number of hydrogen-bond acceptors (Lipinski definition) is 4. The zero-order valence-corrected chi connectivity index (χ0v) is 12.8. The Kier molecular flexibility index (Phi) is 6.98. The van der Waals surface area contributed by atoms with E-state index in [9.17, 15) is 8.42 Å². The Balaban J connectivity index is 2.57. The Labute approximate surface area is 121 Å². The third-order valence-corrected chi connectivity index (χ3v) is 4.07. The summed E-state index contributed by atoms with van der Waals surface area (Å²) in [5, 5.41) is 8.64. The van der Waals surface area contributed by atoms with Gasteiger partial charge in [0.05, 0.1) is 11.5 Å². The molecule has 20 heavy (non-hydrogen) atoms. The van der Waals surface area contributed by atoms with Crippen LogP contribution in [0.25, 0.3) is 0 Å². The van der Waals surface area contributed by atoms with Crippen LogP contribution in [-0.2, 0) is 10.0 Å². The molecule has 0 heterocycles. The number of aliphatic hydroxyl groups excluding tert-OH is 1. The van der Waals surface area contributed by atoms with Gasteiger partial charge in [-0.25, -0.2) is 13.1 Å². The zero-order valence-electron chi connectivity index (χ0n) is 12.0. The minimum Gasteiger partial charge on any atom is -0.493 e. The van der Waals surface area contributed by atoms with Crippen molar-refractivity contribution in [1.82, 2.24) is 4.72 Å². The van der Waals surface area contributed by atoms with Gasteiger partial charge >= 0.3 is 0 Å². The summed E-state index contributed by atoms with van der Waals surface area (Å²) >= 11 is 0. The van der Waals surface area contributed by atoms with E-state index in [0.29, 0.717) is 37.7 Å². The Hall–Kier alpha value is -1.11. The third kappa shape index (κ3) is 5.90. The molecule has 6 heteroatoms. The van der Waals surface area contributed by atoms with Gasteiger partial charge in [-0.1, -0.05) is 13.8 Å². The maximum atomic E-state index is 12.0. The van der Waals surface area contributed by atoms with Crippen LogP contribution in [0.3, 0.4) is 0 Å². The van der Waals surface area contributed by atoms with Crippen molar-refractivity contribution in [1.29, 1.82) is 0 Å². The third-order valence-electron chi connectivity index (χ3n) is 2.59. The van der Waals surface area contributed by atoms with Crippen LogP contribution in [-0.4, -0.2) is 33.3 Å². The highest BCUT2D eigenvalue weighted by molar-refractivity contribution is 7.89. The maximum absolute atomic E-state index is 12.0. The number of nitrogens with one attached hydrogen (secondary N) is 1. The smallest absolute Gasteiger partial charge is 0.240 e. The van der Waals surface area contributed by atoms with Crippen molar-refractivity contribution in [2.75, 3.05) is 19.8 Å². The molecule has 0 bridgehead atoms. The van der Waals surface area contributed by atoms with Crippen LogP contribution in [0.15, 0.2) is 29.2 Å². The first-order chi connectivity index (χ1) is 9.45. The number of unbranched alkanes of at least 4 members (excludes halogenated alkanes) is 1. The van der Waals surface area contributed by atoms with Crippen molar-refractivity contribution in [3.8, 4) is 5.75 Å². The second-order valence-corrected chi connectivity index (χ2v) is 6.77. The molecule has 0 saturated carbocycles. The first-order valence-corrected chi connectivity index (χ1v) is 8.27. The lowest BCUT2D eigenvalue weighted by Gasteiger charge is -2.10. The maximum Gasteiger partial charge on any atom is 0.240 e. The lowest BCUT2D eigenvalue weighted by Crippen LogP contribution is -2.24. The van der Waals surface area contributed by atoms with Gasteiger partial charge < -0.3 is 9.84 Å². The second-order valence-electron chi connectivity index (χ2n) is 5.00. The van der Waals surface area contributed by atoms with Crippen LogP contribution < -0.4 is 9.46 Å². The Morgan fingerprint density at radius 1 is 1.20 bits per heavy atom. The summed E-state index contributed by atoms with van der Waals surface area (Å²) in [6, 6.07) is 6.38. The normalized spacial score (nSPS) is 11.8. The van der Waals surface area contributed by atoms with Crippen molar-refractivity contribution in [2.45, 2.75) is 31.6 Å². The Morgan fingerprint density at radius 2 is 1.85 bits per heavy atom. The fourth-order valence-corrected chi connectivity index (χ4v) is 2.58. The second kappa shape index (κ2) is 8.24. The van der Waals surface area contributed by atoms with E-state index in [1.807, 2.05) is 0 Å². The molecule has 0 aromatic heterocycles. The summed E-state index contributed by atoms with van der Waals surface area (Å²) in [4.78, 5) is 0.221. The summed E-state index contributed by atoms with van der Waals surface area (Å²) in [6.45, 7) is 5.11. The van der Waals surface area contributed by atoms with Crippen molar-refractivity contribution < 1.29 is 18.3 Å². The van der Waals surface area contributed by atoms with Crippen LogP contribution in [0.1, 0.15) is 26.7 Å². The molecule has 1 aromatic carbocycles. The van der Waals surface area contributed by atoms with E-state index < -0.39 is 10.0 Å². The quantitative estimate of drug-likeness (QED) is 0.682. The van der Waals surface area contributed by atoms with Crippen LogP contribution >= 0.6 is 0 Å².